The zero-order valence-corrected chi connectivity index (χ0v) is 12.8. The molecule has 0 amide bonds. The van der Waals surface area contributed by atoms with Crippen molar-refractivity contribution < 1.29 is 4.74 Å². The van der Waals surface area contributed by atoms with Crippen LogP contribution in [0.25, 0.3) is 0 Å². The number of methoxy groups -OCH3 is 1. The van der Waals surface area contributed by atoms with Gasteiger partial charge < -0.3 is 15.0 Å². The minimum absolute atomic E-state index is 0.819. The molecule has 108 valence electrons. The normalized spacial score (nSPS) is 17.9. The highest BCUT2D eigenvalue weighted by Crippen LogP contribution is 2.17. The molecular weight excluding hydrogens is 256 g/mol. The van der Waals surface area contributed by atoms with Crippen LogP contribution in [0, 0.1) is 5.92 Å². The lowest BCUT2D eigenvalue weighted by Gasteiger charge is -2.32. The molecule has 19 heavy (non-hydrogen) atoms. The summed E-state index contributed by atoms with van der Waals surface area (Å²) in [5.74, 6) is 0.856. The Morgan fingerprint density at radius 3 is 2.95 bits per heavy atom. The fourth-order valence-corrected chi connectivity index (χ4v) is 3.32. The molecule has 1 aliphatic heterocycles. The Hall–Kier alpha value is -0.420. The van der Waals surface area contributed by atoms with Crippen LogP contribution >= 0.6 is 11.3 Å². The third-order valence-corrected chi connectivity index (χ3v) is 4.81. The molecule has 0 saturated carbocycles. The van der Waals surface area contributed by atoms with Crippen molar-refractivity contribution in [2.45, 2.75) is 19.3 Å². The predicted octanol–water partition coefficient (Wildman–Crippen LogP) is 2.24. The molecule has 1 aromatic rings. The van der Waals surface area contributed by atoms with Crippen molar-refractivity contribution in [3.05, 3.63) is 22.4 Å². The number of ether oxygens (including phenoxy) is 1. The highest BCUT2D eigenvalue weighted by molar-refractivity contribution is 7.09. The van der Waals surface area contributed by atoms with Crippen LogP contribution in [0.2, 0.25) is 0 Å². The number of nitrogens with zero attached hydrogens (tertiary/aromatic N) is 1. The van der Waals surface area contributed by atoms with Crippen molar-refractivity contribution in [2.75, 3.05) is 46.4 Å². The molecule has 2 rings (SSSR count). The van der Waals surface area contributed by atoms with E-state index in [1.54, 1.807) is 7.11 Å². The Morgan fingerprint density at radius 2 is 2.26 bits per heavy atom. The molecule has 0 atom stereocenters. The van der Waals surface area contributed by atoms with Crippen LogP contribution in [0.5, 0.6) is 0 Å². The molecule has 3 nitrogen and oxygen atoms in total. The number of piperidine rings is 1. The zero-order chi connectivity index (χ0) is 13.3. The second-order valence-electron chi connectivity index (χ2n) is 5.31. The summed E-state index contributed by atoms with van der Waals surface area (Å²) in [5, 5.41) is 5.66. The van der Waals surface area contributed by atoms with Gasteiger partial charge in [-0.05, 0) is 56.3 Å². The average molecular weight is 282 g/mol. The van der Waals surface area contributed by atoms with E-state index in [9.17, 15) is 0 Å². The SMILES string of the molecule is COCCNCC1CCN(CCc2cccs2)CC1. The lowest BCUT2D eigenvalue weighted by Crippen LogP contribution is -2.38. The van der Waals surface area contributed by atoms with Crippen LogP contribution in [-0.4, -0.2) is 51.3 Å². The summed E-state index contributed by atoms with van der Waals surface area (Å²) in [7, 11) is 1.76. The van der Waals surface area contributed by atoms with E-state index in [1.165, 1.54) is 43.8 Å². The fourth-order valence-electron chi connectivity index (χ4n) is 2.62. The lowest BCUT2D eigenvalue weighted by molar-refractivity contribution is 0.174. The van der Waals surface area contributed by atoms with Gasteiger partial charge >= 0.3 is 0 Å². The summed E-state index contributed by atoms with van der Waals surface area (Å²) < 4.78 is 5.05. The minimum Gasteiger partial charge on any atom is -0.383 e. The van der Waals surface area contributed by atoms with Gasteiger partial charge in [0, 0.05) is 25.1 Å². The Bertz CT molecular complexity index is 321. The molecule has 1 aliphatic rings. The Morgan fingerprint density at radius 1 is 1.42 bits per heavy atom. The van der Waals surface area contributed by atoms with Gasteiger partial charge in [0.1, 0.15) is 0 Å². The summed E-state index contributed by atoms with van der Waals surface area (Å²) in [6.07, 6.45) is 3.89. The molecule has 0 spiro atoms. The lowest BCUT2D eigenvalue weighted by atomic mass is 9.96. The number of nitrogens with one attached hydrogen (secondary N) is 1. The number of hydrogen-bond acceptors (Lipinski definition) is 4. The maximum Gasteiger partial charge on any atom is 0.0587 e. The largest absolute Gasteiger partial charge is 0.383 e. The van der Waals surface area contributed by atoms with Gasteiger partial charge in [0.05, 0.1) is 6.61 Å². The van der Waals surface area contributed by atoms with Crippen molar-refractivity contribution in [1.82, 2.24) is 10.2 Å². The van der Waals surface area contributed by atoms with E-state index in [-0.39, 0.29) is 0 Å². The van der Waals surface area contributed by atoms with Gasteiger partial charge in [0.25, 0.3) is 0 Å². The number of likely N-dealkylation sites (tertiary alicyclic amines) is 1. The molecule has 4 heteroatoms. The van der Waals surface area contributed by atoms with Gasteiger partial charge in [-0.15, -0.1) is 11.3 Å². The fraction of sp³-hybridized carbons (Fsp3) is 0.733. The maximum absolute atomic E-state index is 5.05. The van der Waals surface area contributed by atoms with Gasteiger partial charge in [-0.2, -0.15) is 0 Å². The molecule has 1 saturated heterocycles. The van der Waals surface area contributed by atoms with E-state index in [4.69, 9.17) is 4.74 Å². The van der Waals surface area contributed by atoms with Gasteiger partial charge in [-0.25, -0.2) is 0 Å². The van der Waals surface area contributed by atoms with Crippen molar-refractivity contribution in [3.63, 3.8) is 0 Å². The Balaban J connectivity index is 1.55. The molecule has 2 heterocycles. The van der Waals surface area contributed by atoms with Crippen LogP contribution in [0.15, 0.2) is 17.5 Å². The summed E-state index contributed by atoms with van der Waals surface area (Å²) in [6, 6.07) is 4.40. The van der Waals surface area contributed by atoms with Crippen LogP contribution in [0.4, 0.5) is 0 Å². The minimum atomic E-state index is 0.819. The van der Waals surface area contributed by atoms with Gasteiger partial charge in [-0.3, -0.25) is 0 Å². The predicted molar refractivity (Wildman–Crippen MR) is 81.9 cm³/mol. The first-order chi connectivity index (χ1) is 9.38. The standard InChI is InChI=1S/C15H26N2OS/c1-18-11-7-16-13-14-4-8-17(9-5-14)10-6-15-3-2-12-19-15/h2-3,12,14,16H,4-11,13H2,1H3. The molecule has 0 radical (unpaired) electrons. The van der Waals surface area contributed by atoms with E-state index in [2.05, 4.69) is 27.7 Å². The smallest absolute Gasteiger partial charge is 0.0587 e. The summed E-state index contributed by atoms with van der Waals surface area (Å²) in [6.45, 7) is 6.71. The van der Waals surface area contributed by atoms with Crippen LogP contribution in [-0.2, 0) is 11.2 Å². The first-order valence-electron chi connectivity index (χ1n) is 7.33. The van der Waals surface area contributed by atoms with E-state index in [0.717, 1.165) is 25.6 Å². The summed E-state index contributed by atoms with van der Waals surface area (Å²) in [4.78, 5) is 4.13. The van der Waals surface area contributed by atoms with Crippen molar-refractivity contribution in [1.29, 1.82) is 0 Å². The molecule has 1 N–H and O–H groups in total. The molecule has 0 aromatic carbocycles. The van der Waals surface area contributed by atoms with Crippen LogP contribution in [0.1, 0.15) is 17.7 Å². The highest BCUT2D eigenvalue weighted by Gasteiger charge is 2.18. The Labute approximate surface area is 121 Å². The summed E-state index contributed by atoms with van der Waals surface area (Å²) in [5.41, 5.74) is 0. The van der Waals surface area contributed by atoms with E-state index < -0.39 is 0 Å². The van der Waals surface area contributed by atoms with E-state index >= 15 is 0 Å². The zero-order valence-electron chi connectivity index (χ0n) is 11.9. The monoisotopic (exact) mass is 282 g/mol. The number of thiophene rings is 1. The molecule has 0 unspecified atom stereocenters. The molecule has 0 aliphatic carbocycles. The van der Waals surface area contributed by atoms with Crippen LogP contribution < -0.4 is 5.32 Å². The van der Waals surface area contributed by atoms with Gasteiger partial charge in [0.2, 0.25) is 0 Å². The number of rotatable bonds is 8. The second-order valence-corrected chi connectivity index (χ2v) is 6.34. The maximum atomic E-state index is 5.05. The second kappa shape index (κ2) is 8.69. The molecule has 1 fully saturated rings. The quantitative estimate of drug-likeness (QED) is 0.740. The van der Waals surface area contributed by atoms with E-state index in [0.29, 0.717) is 0 Å². The first-order valence-corrected chi connectivity index (χ1v) is 8.21. The van der Waals surface area contributed by atoms with Gasteiger partial charge in [-0.1, -0.05) is 6.07 Å². The van der Waals surface area contributed by atoms with E-state index in [1.807, 2.05) is 11.3 Å². The molecule has 0 bridgehead atoms. The molecule has 1 aromatic heterocycles. The van der Waals surface area contributed by atoms with Crippen molar-refractivity contribution >= 4 is 11.3 Å². The first kappa shape index (κ1) is 15.0. The van der Waals surface area contributed by atoms with Crippen molar-refractivity contribution in [3.8, 4) is 0 Å². The third-order valence-electron chi connectivity index (χ3n) is 3.88. The summed E-state index contributed by atoms with van der Waals surface area (Å²) >= 11 is 1.88. The topological polar surface area (TPSA) is 24.5 Å². The third kappa shape index (κ3) is 5.61. The highest BCUT2D eigenvalue weighted by atomic mass is 32.1. The molecular formula is C15H26N2OS. The van der Waals surface area contributed by atoms with Crippen molar-refractivity contribution in [2.24, 2.45) is 5.92 Å². The number of hydrogen-bond donors (Lipinski definition) is 1. The van der Waals surface area contributed by atoms with Gasteiger partial charge in [0.15, 0.2) is 0 Å². The average Bonchev–Trinajstić information content (AvgIpc) is 2.96. The Kier molecular flexibility index (Phi) is 6.85. The van der Waals surface area contributed by atoms with Crippen LogP contribution in [0.3, 0.4) is 0 Å².